The fraction of sp³-hybridized carbons (Fsp3) is 0.318. The summed E-state index contributed by atoms with van der Waals surface area (Å²) in [6, 6.07) is 14.1. The summed E-state index contributed by atoms with van der Waals surface area (Å²) in [6.07, 6.45) is 1.88. The number of amides is 3. The largest absolute Gasteiger partial charge is 0.484 e. The molecular formula is C22H25N3O4. The molecule has 0 saturated heterocycles. The lowest BCUT2D eigenvalue weighted by atomic mass is 10.1. The van der Waals surface area contributed by atoms with Crippen LogP contribution in [0.4, 0.5) is 5.69 Å². The van der Waals surface area contributed by atoms with Crippen molar-refractivity contribution in [3.05, 3.63) is 59.7 Å². The maximum Gasteiger partial charge on any atom is 0.258 e. The molecule has 0 atom stereocenters. The first-order valence-corrected chi connectivity index (χ1v) is 9.72. The van der Waals surface area contributed by atoms with Crippen molar-refractivity contribution in [2.75, 3.05) is 18.5 Å². The van der Waals surface area contributed by atoms with Crippen LogP contribution in [0.25, 0.3) is 0 Å². The first-order chi connectivity index (χ1) is 14.0. The van der Waals surface area contributed by atoms with Gasteiger partial charge in [0.05, 0.1) is 0 Å². The molecule has 2 aromatic rings. The van der Waals surface area contributed by atoms with Crippen molar-refractivity contribution in [3.8, 4) is 5.75 Å². The minimum atomic E-state index is -0.277. The lowest BCUT2D eigenvalue weighted by Crippen LogP contribution is -2.28. The average Bonchev–Trinajstić information content (AvgIpc) is 3.57. The molecule has 3 N–H and O–H groups in total. The number of carbonyl (C=O) groups is 3. The normalized spacial score (nSPS) is 12.7. The Kier molecular flexibility index (Phi) is 6.84. The van der Waals surface area contributed by atoms with E-state index in [-0.39, 0.29) is 30.2 Å². The Morgan fingerprint density at radius 2 is 1.83 bits per heavy atom. The third-order valence-corrected chi connectivity index (χ3v) is 4.44. The Balaban J connectivity index is 1.46. The topological polar surface area (TPSA) is 96.5 Å². The third-order valence-electron chi connectivity index (χ3n) is 4.44. The van der Waals surface area contributed by atoms with Gasteiger partial charge in [-0.05, 0) is 49.6 Å². The Morgan fingerprint density at radius 1 is 1.03 bits per heavy atom. The Labute approximate surface area is 169 Å². The molecule has 3 rings (SSSR count). The van der Waals surface area contributed by atoms with Gasteiger partial charge in [0.2, 0.25) is 5.91 Å². The molecule has 1 aliphatic rings. The second kappa shape index (κ2) is 9.73. The zero-order valence-corrected chi connectivity index (χ0v) is 16.4. The van der Waals surface area contributed by atoms with Gasteiger partial charge >= 0.3 is 0 Å². The van der Waals surface area contributed by atoms with E-state index < -0.39 is 0 Å². The number of anilines is 1. The van der Waals surface area contributed by atoms with E-state index in [1.165, 1.54) is 0 Å². The molecule has 0 unspecified atom stereocenters. The highest BCUT2D eigenvalue weighted by atomic mass is 16.5. The lowest BCUT2D eigenvalue weighted by molar-refractivity contribution is -0.123. The maximum atomic E-state index is 12.1. The minimum Gasteiger partial charge on any atom is -0.484 e. The quantitative estimate of drug-likeness (QED) is 0.608. The second-order valence-corrected chi connectivity index (χ2v) is 6.92. The predicted octanol–water partition coefficient (Wildman–Crippen LogP) is 2.48. The van der Waals surface area contributed by atoms with Crippen molar-refractivity contribution in [2.24, 2.45) is 5.92 Å². The molecule has 7 nitrogen and oxygen atoms in total. The van der Waals surface area contributed by atoms with E-state index in [0.29, 0.717) is 30.1 Å². The molecule has 0 heterocycles. The van der Waals surface area contributed by atoms with Crippen molar-refractivity contribution in [2.45, 2.75) is 26.3 Å². The number of nitrogens with one attached hydrogen (secondary N) is 3. The van der Waals surface area contributed by atoms with Crippen LogP contribution < -0.4 is 20.7 Å². The lowest BCUT2D eigenvalue weighted by Gasteiger charge is -2.10. The maximum absolute atomic E-state index is 12.1. The first-order valence-electron chi connectivity index (χ1n) is 9.72. The molecule has 2 aromatic carbocycles. The van der Waals surface area contributed by atoms with Gasteiger partial charge in [-0.2, -0.15) is 0 Å². The number of carbonyl (C=O) groups excluding carboxylic acids is 3. The van der Waals surface area contributed by atoms with Crippen LogP contribution in [0.2, 0.25) is 0 Å². The van der Waals surface area contributed by atoms with Crippen LogP contribution in [0.3, 0.4) is 0 Å². The zero-order chi connectivity index (χ0) is 20.6. The molecule has 0 spiro atoms. The Morgan fingerprint density at radius 3 is 2.59 bits per heavy atom. The van der Waals surface area contributed by atoms with Gasteiger partial charge in [0, 0.05) is 36.3 Å². The molecule has 3 amide bonds. The zero-order valence-electron chi connectivity index (χ0n) is 16.4. The van der Waals surface area contributed by atoms with Crippen LogP contribution in [0.15, 0.2) is 48.5 Å². The molecule has 0 radical (unpaired) electrons. The summed E-state index contributed by atoms with van der Waals surface area (Å²) in [4.78, 5) is 35.8. The van der Waals surface area contributed by atoms with E-state index in [1.807, 2.05) is 13.0 Å². The van der Waals surface area contributed by atoms with Gasteiger partial charge in [-0.25, -0.2) is 0 Å². The summed E-state index contributed by atoms with van der Waals surface area (Å²) in [5, 5.41) is 8.37. The van der Waals surface area contributed by atoms with Gasteiger partial charge in [0.25, 0.3) is 11.8 Å². The standard InChI is InChI=1S/C22H25N3O4/c1-2-23-21(27)17-6-3-5-15(11-17)13-24-20(26)14-29-19-8-4-7-18(12-19)25-22(28)16-9-10-16/h3-8,11-12,16H,2,9-10,13-14H2,1H3,(H,23,27)(H,24,26)(H,25,28). The predicted molar refractivity (Wildman–Crippen MR) is 110 cm³/mol. The van der Waals surface area contributed by atoms with Crippen molar-refractivity contribution in [1.82, 2.24) is 10.6 Å². The van der Waals surface area contributed by atoms with Gasteiger partial charge in [-0.3, -0.25) is 14.4 Å². The van der Waals surface area contributed by atoms with Crippen molar-refractivity contribution in [1.29, 1.82) is 0 Å². The molecule has 152 valence electrons. The third kappa shape index (κ3) is 6.34. The summed E-state index contributed by atoms with van der Waals surface area (Å²) in [5.74, 6) is 0.233. The van der Waals surface area contributed by atoms with E-state index in [0.717, 1.165) is 18.4 Å². The molecule has 1 aliphatic carbocycles. The number of hydrogen-bond acceptors (Lipinski definition) is 4. The summed E-state index contributed by atoms with van der Waals surface area (Å²) in [7, 11) is 0. The van der Waals surface area contributed by atoms with Gasteiger partial charge in [0.15, 0.2) is 6.61 Å². The monoisotopic (exact) mass is 395 g/mol. The highest BCUT2D eigenvalue weighted by Crippen LogP contribution is 2.30. The molecule has 1 fully saturated rings. The highest BCUT2D eigenvalue weighted by Gasteiger charge is 2.29. The second-order valence-electron chi connectivity index (χ2n) is 6.92. The number of benzene rings is 2. The number of rotatable bonds is 9. The van der Waals surface area contributed by atoms with Crippen LogP contribution in [-0.2, 0) is 16.1 Å². The van der Waals surface area contributed by atoms with E-state index in [1.54, 1.807) is 42.5 Å². The molecule has 1 saturated carbocycles. The van der Waals surface area contributed by atoms with Crippen LogP contribution in [0.1, 0.15) is 35.7 Å². The average molecular weight is 395 g/mol. The minimum absolute atomic E-state index is 0.0229. The SMILES string of the molecule is CCNC(=O)c1cccc(CNC(=O)COc2cccc(NC(=O)C3CC3)c2)c1. The van der Waals surface area contributed by atoms with Crippen molar-refractivity contribution >= 4 is 23.4 Å². The van der Waals surface area contributed by atoms with E-state index in [4.69, 9.17) is 4.74 Å². The Hall–Kier alpha value is -3.35. The molecule has 29 heavy (non-hydrogen) atoms. The summed E-state index contributed by atoms with van der Waals surface area (Å²) in [5.41, 5.74) is 2.04. The van der Waals surface area contributed by atoms with Crippen LogP contribution in [0, 0.1) is 5.92 Å². The van der Waals surface area contributed by atoms with Crippen LogP contribution in [-0.4, -0.2) is 30.9 Å². The van der Waals surface area contributed by atoms with E-state index >= 15 is 0 Å². The molecule has 0 bridgehead atoms. The number of ether oxygens (including phenoxy) is 1. The van der Waals surface area contributed by atoms with Gasteiger partial charge in [-0.1, -0.05) is 18.2 Å². The molecule has 0 aromatic heterocycles. The van der Waals surface area contributed by atoms with Gasteiger partial charge < -0.3 is 20.7 Å². The van der Waals surface area contributed by atoms with Crippen molar-refractivity contribution < 1.29 is 19.1 Å². The summed E-state index contributed by atoms with van der Waals surface area (Å²) < 4.78 is 5.52. The summed E-state index contributed by atoms with van der Waals surface area (Å²) in [6.45, 7) is 2.57. The van der Waals surface area contributed by atoms with Gasteiger partial charge in [-0.15, -0.1) is 0 Å². The molecule has 0 aliphatic heterocycles. The van der Waals surface area contributed by atoms with Gasteiger partial charge in [0.1, 0.15) is 5.75 Å². The highest BCUT2D eigenvalue weighted by molar-refractivity contribution is 5.94. The fourth-order valence-corrected chi connectivity index (χ4v) is 2.74. The molecule has 7 heteroatoms. The van der Waals surface area contributed by atoms with Crippen LogP contribution >= 0.6 is 0 Å². The van der Waals surface area contributed by atoms with E-state index in [9.17, 15) is 14.4 Å². The number of hydrogen-bond donors (Lipinski definition) is 3. The first kappa shape index (κ1) is 20.4. The van der Waals surface area contributed by atoms with Crippen molar-refractivity contribution in [3.63, 3.8) is 0 Å². The molecular weight excluding hydrogens is 370 g/mol. The van der Waals surface area contributed by atoms with E-state index in [2.05, 4.69) is 16.0 Å². The summed E-state index contributed by atoms with van der Waals surface area (Å²) >= 11 is 0. The van der Waals surface area contributed by atoms with Crippen LogP contribution in [0.5, 0.6) is 5.75 Å². The fourth-order valence-electron chi connectivity index (χ4n) is 2.74. The Bertz CT molecular complexity index is 893. The smallest absolute Gasteiger partial charge is 0.258 e.